The predicted molar refractivity (Wildman–Crippen MR) is 154 cm³/mol. The van der Waals surface area contributed by atoms with Gasteiger partial charge in [-0.15, -0.1) is 0 Å². The maximum atomic E-state index is 12.9. The average Bonchev–Trinajstić information content (AvgIpc) is 2.96. The van der Waals surface area contributed by atoms with E-state index in [4.69, 9.17) is 21.7 Å². The average molecular weight is 533 g/mol. The van der Waals surface area contributed by atoms with Crippen molar-refractivity contribution in [2.75, 3.05) is 50.6 Å². The third-order valence-electron chi connectivity index (χ3n) is 6.54. The summed E-state index contributed by atoms with van der Waals surface area (Å²) in [5, 5.41) is 5.92. The topological polar surface area (TPSA) is 83.1 Å². The lowest BCUT2D eigenvalue weighted by Crippen LogP contribution is -2.48. The zero-order chi connectivity index (χ0) is 27.1. The van der Waals surface area contributed by atoms with Crippen LogP contribution in [0, 0.1) is 0 Å². The van der Waals surface area contributed by atoms with Crippen LogP contribution in [-0.4, -0.2) is 62.2 Å². The number of carbonyl (C=O) groups is 2. The van der Waals surface area contributed by atoms with Crippen LogP contribution in [0.15, 0.2) is 66.7 Å². The summed E-state index contributed by atoms with van der Waals surface area (Å²) in [6.45, 7) is 4.95. The Morgan fingerprint density at radius 1 is 0.842 bits per heavy atom. The highest BCUT2D eigenvalue weighted by Gasteiger charge is 2.22. The first-order chi connectivity index (χ1) is 18.4. The number of hydrogen-bond acceptors (Lipinski definition) is 6. The van der Waals surface area contributed by atoms with Crippen LogP contribution in [0.1, 0.15) is 33.2 Å². The van der Waals surface area contributed by atoms with Crippen molar-refractivity contribution in [3.8, 4) is 11.5 Å². The molecule has 0 saturated carbocycles. The molecular weight excluding hydrogens is 500 g/mol. The summed E-state index contributed by atoms with van der Waals surface area (Å²) >= 11 is 5.32. The van der Waals surface area contributed by atoms with Gasteiger partial charge in [0.2, 0.25) is 0 Å². The molecule has 198 valence electrons. The largest absolute Gasteiger partial charge is 0.493 e. The monoisotopic (exact) mass is 532 g/mol. The summed E-state index contributed by atoms with van der Waals surface area (Å²) < 4.78 is 10.5. The summed E-state index contributed by atoms with van der Waals surface area (Å²) in [6, 6.07) is 20.6. The Balaban J connectivity index is 1.28. The van der Waals surface area contributed by atoms with Crippen molar-refractivity contribution in [1.29, 1.82) is 0 Å². The summed E-state index contributed by atoms with van der Waals surface area (Å²) in [4.78, 5) is 29.6. The number of rotatable bonds is 7. The van der Waals surface area contributed by atoms with Gasteiger partial charge in [-0.2, -0.15) is 0 Å². The minimum atomic E-state index is -0.353. The van der Waals surface area contributed by atoms with Gasteiger partial charge in [0, 0.05) is 48.7 Å². The van der Waals surface area contributed by atoms with Crippen molar-refractivity contribution in [2.45, 2.75) is 13.3 Å². The number of thiocarbonyl (C=S) groups is 1. The molecule has 0 aromatic heterocycles. The van der Waals surface area contributed by atoms with Crippen molar-refractivity contribution >= 4 is 40.5 Å². The van der Waals surface area contributed by atoms with E-state index >= 15 is 0 Å². The van der Waals surface area contributed by atoms with E-state index in [2.05, 4.69) is 22.5 Å². The Morgan fingerprint density at radius 3 is 2.08 bits per heavy atom. The molecule has 0 spiro atoms. The van der Waals surface area contributed by atoms with E-state index in [1.54, 1.807) is 18.2 Å². The van der Waals surface area contributed by atoms with Gasteiger partial charge in [-0.3, -0.25) is 14.9 Å². The minimum absolute atomic E-state index is 0.0792. The molecule has 3 aromatic rings. The second-order valence-corrected chi connectivity index (χ2v) is 9.26. The Labute approximate surface area is 228 Å². The lowest BCUT2D eigenvalue weighted by molar-refractivity contribution is 0.0746. The fourth-order valence-corrected chi connectivity index (χ4v) is 4.51. The Bertz CT molecular complexity index is 1290. The number of amides is 2. The molecule has 1 fully saturated rings. The molecule has 1 aliphatic heterocycles. The second-order valence-electron chi connectivity index (χ2n) is 8.85. The zero-order valence-corrected chi connectivity index (χ0v) is 22.6. The number of piperazine rings is 1. The third-order valence-corrected chi connectivity index (χ3v) is 6.74. The quantitative estimate of drug-likeness (QED) is 0.438. The molecule has 0 atom stereocenters. The van der Waals surface area contributed by atoms with E-state index in [-0.39, 0.29) is 16.9 Å². The van der Waals surface area contributed by atoms with E-state index in [1.165, 1.54) is 19.8 Å². The van der Waals surface area contributed by atoms with Crippen LogP contribution in [0.3, 0.4) is 0 Å². The van der Waals surface area contributed by atoms with E-state index in [0.29, 0.717) is 30.2 Å². The minimum Gasteiger partial charge on any atom is -0.493 e. The zero-order valence-electron chi connectivity index (χ0n) is 21.8. The number of carbonyl (C=O) groups excluding carboxylic acids is 2. The van der Waals surface area contributed by atoms with Crippen molar-refractivity contribution < 1.29 is 19.1 Å². The van der Waals surface area contributed by atoms with Crippen molar-refractivity contribution in [3.05, 3.63) is 83.4 Å². The second kappa shape index (κ2) is 12.4. The molecule has 0 aliphatic carbocycles. The fraction of sp³-hybridized carbons (Fsp3) is 0.276. The normalized spacial score (nSPS) is 13.0. The van der Waals surface area contributed by atoms with Crippen LogP contribution in [0.2, 0.25) is 0 Å². The van der Waals surface area contributed by atoms with Crippen molar-refractivity contribution in [3.63, 3.8) is 0 Å². The lowest BCUT2D eigenvalue weighted by Gasteiger charge is -2.36. The summed E-state index contributed by atoms with van der Waals surface area (Å²) in [5.74, 6) is 0.731. The highest BCUT2D eigenvalue weighted by molar-refractivity contribution is 7.80. The molecule has 0 bridgehead atoms. The fourth-order valence-electron chi connectivity index (χ4n) is 4.30. The summed E-state index contributed by atoms with van der Waals surface area (Å²) in [6.07, 6.45) is 0.960. The first-order valence-corrected chi connectivity index (χ1v) is 12.9. The van der Waals surface area contributed by atoms with Gasteiger partial charge in [0.15, 0.2) is 16.6 Å². The van der Waals surface area contributed by atoms with Crippen LogP contribution >= 0.6 is 12.2 Å². The number of aryl methyl sites for hydroxylation is 1. The molecule has 0 unspecified atom stereocenters. The van der Waals surface area contributed by atoms with Crippen LogP contribution in [0.25, 0.3) is 0 Å². The van der Waals surface area contributed by atoms with Crippen LogP contribution in [-0.2, 0) is 6.42 Å². The number of benzene rings is 3. The van der Waals surface area contributed by atoms with Gasteiger partial charge in [0.25, 0.3) is 11.8 Å². The maximum Gasteiger partial charge on any atom is 0.257 e. The van der Waals surface area contributed by atoms with Gasteiger partial charge in [-0.1, -0.05) is 19.1 Å². The number of anilines is 2. The molecular formula is C29H32N4O4S. The predicted octanol–water partition coefficient (Wildman–Crippen LogP) is 4.36. The third kappa shape index (κ3) is 6.41. The van der Waals surface area contributed by atoms with Crippen molar-refractivity contribution in [1.82, 2.24) is 10.2 Å². The summed E-state index contributed by atoms with van der Waals surface area (Å²) in [7, 11) is 3.05. The van der Waals surface area contributed by atoms with E-state index < -0.39 is 0 Å². The number of ether oxygens (including phenoxy) is 2. The van der Waals surface area contributed by atoms with E-state index in [1.807, 2.05) is 53.4 Å². The van der Waals surface area contributed by atoms with Gasteiger partial charge in [0.1, 0.15) is 0 Å². The van der Waals surface area contributed by atoms with Gasteiger partial charge in [0.05, 0.1) is 14.2 Å². The molecule has 2 amide bonds. The van der Waals surface area contributed by atoms with Crippen LogP contribution in [0.5, 0.6) is 11.5 Å². The SMILES string of the molecule is CCc1ccc(C(=O)N2CCN(c3ccc(NC(=S)NC(=O)c4ccc(OC)c(OC)c4)cc3)CC2)cc1. The number of nitrogens with zero attached hydrogens (tertiary/aromatic N) is 2. The molecule has 1 heterocycles. The number of nitrogens with one attached hydrogen (secondary N) is 2. The highest BCUT2D eigenvalue weighted by Crippen LogP contribution is 2.27. The first-order valence-electron chi connectivity index (χ1n) is 12.5. The molecule has 2 N–H and O–H groups in total. The summed E-state index contributed by atoms with van der Waals surface area (Å²) in [5.41, 5.74) is 4.19. The van der Waals surface area contributed by atoms with Gasteiger partial charge in [-0.05, 0) is 78.8 Å². The molecule has 0 radical (unpaired) electrons. The van der Waals surface area contributed by atoms with Gasteiger partial charge < -0.3 is 24.6 Å². The Kier molecular flexibility index (Phi) is 8.81. The molecule has 1 aliphatic rings. The molecule has 9 heteroatoms. The molecule has 1 saturated heterocycles. The first kappa shape index (κ1) is 26.9. The van der Waals surface area contributed by atoms with Gasteiger partial charge in [-0.25, -0.2) is 0 Å². The number of methoxy groups -OCH3 is 2. The molecule has 38 heavy (non-hydrogen) atoms. The molecule has 3 aromatic carbocycles. The van der Waals surface area contributed by atoms with E-state index in [9.17, 15) is 9.59 Å². The van der Waals surface area contributed by atoms with E-state index in [0.717, 1.165) is 36.4 Å². The Hall–Kier alpha value is -4.11. The van der Waals surface area contributed by atoms with Gasteiger partial charge >= 0.3 is 0 Å². The van der Waals surface area contributed by atoms with Crippen LogP contribution < -0.4 is 25.0 Å². The highest BCUT2D eigenvalue weighted by atomic mass is 32.1. The molecule has 8 nitrogen and oxygen atoms in total. The number of hydrogen-bond donors (Lipinski definition) is 2. The smallest absolute Gasteiger partial charge is 0.257 e. The van der Waals surface area contributed by atoms with Crippen molar-refractivity contribution in [2.24, 2.45) is 0 Å². The Morgan fingerprint density at radius 2 is 1.47 bits per heavy atom. The lowest BCUT2D eigenvalue weighted by atomic mass is 10.1. The maximum absolute atomic E-state index is 12.9. The van der Waals surface area contributed by atoms with Crippen LogP contribution in [0.4, 0.5) is 11.4 Å². The standard InChI is InChI=1S/C29H32N4O4S/c1-4-20-5-7-21(8-6-20)28(35)33-17-15-32(16-18-33)24-12-10-23(11-13-24)30-29(38)31-27(34)22-9-14-25(36-2)26(19-22)37-3/h5-14,19H,4,15-18H2,1-3H3,(H2,30,31,34,38). The molecule has 4 rings (SSSR count).